The van der Waals surface area contributed by atoms with Crippen molar-refractivity contribution in [3.05, 3.63) is 42.1 Å². The van der Waals surface area contributed by atoms with E-state index in [0.717, 1.165) is 24.8 Å². The summed E-state index contributed by atoms with van der Waals surface area (Å²) in [5, 5.41) is 3.77. The van der Waals surface area contributed by atoms with Gasteiger partial charge in [0.15, 0.2) is 11.5 Å². The predicted octanol–water partition coefficient (Wildman–Crippen LogP) is 2.54. The maximum absolute atomic E-state index is 12.2. The van der Waals surface area contributed by atoms with E-state index in [1.165, 1.54) is 6.42 Å². The fourth-order valence-corrected chi connectivity index (χ4v) is 3.96. The molecule has 6 nitrogen and oxygen atoms in total. The molecule has 1 heterocycles. The third-order valence-corrected chi connectivity index (χ3v) is 5.18. The Labute approximate surface area is 139 Å². The standard InChI is InChI=1S/C18H19N3O3/c22-17(14-9-11-6-7-13(14)8-11)19-20-18(23)15-10-16(24-21-15)12-4-2-1-3-5-12/h1-5,10-11,13-14H,6-9H2,(H,19,22)(H,20,23)/t11-,13-,14-/m0/s1. The molecule has 3 atom stereocenters. The number of amides is 2. The number of carbonyl (C=O) groups excluding carboxylic acids is 2. The molecule has 0 radical (unpaired) electrons. The molecule has 24 heavy (non-hydrogen) atoms. The quantitative estimate of drug-likeness (QED) is 0.849. The first-order valence-corrected chi connectivity index (χ1v) is 8.33. The molecule has 2 aliphatic rings. The molecule has 2 N–H and O–H groups in total. The van der Waals surface area contributed by atoms with Gasteiger partial charge in [-0.25, -0.2) is 0 Å². The number of carbonyl (C=O) groups is 2. The Morgan fingerprint density at radius 1 is 1.08 bits per heavy atom. The number of hydrazine groups is 1. The van der Waals surface area contributed by atoms with Crippen molar-refractivity contribution < 1.29 is 14.1 Å². The normalized spacial score (nSPS) is 24.8. The summed E-state index contributed by atoms with van der Waals surface area (Å²) in [5.74, 6) is 1.13. The van der Waals surface area contributed by atoms with Gasteiger partial charge in [-0.1, -0.05) is 41.9 Å². The number of rotatable bonds is 3. The van der Waals surface area contributed by atoms with Crippen LogP contribution in [-0.2, 0) is 4.79 Å². The zero-order valence-corrected chi connectivity index (χ0v) is 13.2. The minimum Gasteiger partial charge on any atom is -0.355 e. The van der Waals surface area contributed by atoms with Crippen LogP contribution in [0.25, 0.3) is 11.3 Å². The summed E-state index contributed by atoms with van der Waals surface area (Å²) in [4.78, 5) is 24.3. The highest BCUT2D eigenvalue weighted by molar-refractivity contribution is 5.94. The summed E-state index contributed by atoms with van der Waals surface area (Å²) in [6.07, 6.45) is 4.45. The molecule has 0 saturated heterocycles. The fraction of sp³-hybridized carbons (Fsp3) is 0.389. The third kappa shape index (κ3) is 2.79. The van der Waals surface area contributed by atoms with Crippen molar-refractivity contribution in [3.63, 3.8) is 0 Å². The Kier molecular flexibility index (Phi) is 3.80. The largest absolute Gasteiger partial charge is 0.355 e. The van der Waals surface area contributed by atoms with Gasteiger partial charge in [0, 0.05) is 17.5 Å². The number of benzene rings is 1. The Hall–Kier alpha value is -2.63. The lowest BCUT2D eigenvalue weighted by molar-refractivity contribution is -0.127. The van der Waals surface area contributed by atoms with Gasteiger partial charge in [0.05, 0.1) is 0 Å². The molecule has 2 fully saturated rings. The molecule has 4 rings (SSSR count). The molecule has 0 unspecified atom stereocenters. The molecule has 0 aliphatic heterocycles. The van der Waals surface area contributed by atoms with Crippen molar-refractivity contribution in [3.8, 4) is 11.3 Å². The second-order valence-corrected chi connectivity index (χ2v) is 6.67. The van der Waals surface area contributed by atoms with Gasteiger partial charge in [0.25, 0.3) is 5.91 Å². The Morgan fingerprint density at radius 3 is 2.62 bits per heavy atom. The van der Waals surface area contributed by atoms with E-state index in [1.807, 2.05) is 30.3 Å². The topological polar surface area (TPSA) is 84.2 Å². The smallest absolute Gasteiger partial charge is 0.291 e. The second kappa shape index (κ2) is 6.11. The Morgan fingerprint density at radius 2 is 1.92 bits per heavy atom. The molecule has 2 aromatic rings. The van der Waals surface area contributed by atoms with Gasteiger partial charge >= 0.3 is 0 Å². The van der Waals surface area contributed by atoms with Crippen LogP contribution in [0.5, 0.6) is 0 Å². The van der Waals surface area contributed by atoms with Crippen LogP contribution < -0.4 is 10.9 Å². The zero-order chi connectivity index (χ0) is 16.5. The van der Waals surface area contributed by atoms with Gasteiger partial charge in [-0.15, -0.1) is 0 Å². The van der Waals surface area contributed by atoms with Crippen molar-refractivity contribution in [2.45, 2.75) is 25.7 Å². The van der Waals surface area contributed by atoms with Crippen molar-refractivity contribution in [2.24, 2.45) is 17.8 Å². The fourth-order valence-electron chi connectivity index (χ4n) is 3.96. The summed E-state index contributed by atoms with van der Waals surface area (Å²) in [7, 11) is 0. The maximum Gasteiger partial charge on any atom is 0.291 e. The first-order chi connectivity index (χ1) is 11.7. The molecular formula is C18H19N3O3. The van der Waals surface area contributed by atoms with E-state index in [0.29, 0.717) is 17.6 Å². The average Bonchev–Trinajstić information content (AvgIpc) is 3.36. The van der Waals surface area contributed by atoms with Gasteiger partial charge in [-0.2, -0.15) is 0 Å². The van der Waals surface area contributed by atoms with Gasteiger partial charge < -0.3 is 4.52 Å². The van der Waals surface area contributed by atoms with Crippen molar-refractivity contribution in [1.82, 2.24) is 16.0 Å². The van der Waals surface area contributed by atoms with Crippen molar-refractivity contribution in [1.29, 1.82) is 0 Å². The van der Waals surface area contributed by atoms with E-state index < -0.39 is 5.91 Å². The van der Waals surface area contributed by atoms with E-state index in [9.17, 15) is 9.59 Å². The minimum atomic E-state index is -0.475. The van der Waals surface area contributed by atoms with E-state index in [1.54, 1.807) is 6.07 Å². The number of nitrogens with one attached hydrogen (secondary N) is 2. The number of fused-ring (bicyclic) bond motifs is 2. The molecule has 6 heteroatoms. The summed E-state index contributed by atoms with van der Waals surface area (Å²) in [6.45, 7) is 0. The lowest BCUT2D eigenvalue weighted by Gasteiger charge is -2.20. The minimum absolute atomic E-state index is 0.0289. The first kappa shape index (κ1) is 14.9. The maximum atomic E-state index is 12.2. The zero-order valence-electron chi connectivity index (χ0n) is 13.2. The van der Waals surface area contributed by atoms with Crippen LogP contribution >= 0.6 is 0 Å². The summed E-state index contributed by atoms with van der Waals surface area (Å²) >= 11 is 0. The monoisotopic (exact) mass is 325 g/mol. The van der Waals surface area contributed by atoms with Crippen LogP contribution in [0.3, 0.4) is 0 Å². The first-order valence-electron chi connectivity index (χ1n) is 8.33. The molecule has 1 aromatic heterocycles. The van der Waals surface area contributed by atoms with Gasteiger partial charge in [-0.3, -0.25) is 20.4 Å². The van der Waals surface area contributed by atoms with Crippen LogP contribution in [-0.4, -0.2) is 17.0 Å². The molecule has 2 amide bonds. The summed E-state index contributed by atoms with van der Waals surface area (Å²) in [5.41, 5.74) is 5.96. The molecule has 1 aromatic carbocycles. The van der Waals surface area contributed by atoms with Crippen molar-refractivity contribution in [2.75, 3.05) is 0 Å². The highest BCUT2D eigenvalue weighted by atomic mass is 16.5. The van der Waals surface area contributed by atoms with Gasteiger partial charge in [0.2, 0.25) is 5.91 Å². The van der Waals surface area contributed by atoms with E-state index in [4.69, 9.17) is 4.52 Å². The van der Waals surface area contributed by atoms with Crippen LogP contribution in [0.2, 0.25) is 0 Å². The van der Waals surface area contributed by atoms with E-state index >= 15 is 0 Å². The van der Waals surface area contributed by atoms with E-state index in [2.05, 4.69) is 16.0 Å². The van der Waals surface area contributed by atoms with Gasteiger partial charge in [-0.05, 0) is 31.1 Å². The van der Waals surface area contributed by atoms with Crippen LogP contribution in [0.4, 0.5) is 0 Å². The molecule has 2 bridgehead atoms. The average molecular weight is 325 g/mol. The number of hydrogen-bond donors (Lipinski definition) is 2. The number of aromatic nitrogens is 1. The van der Waals surface area contributed by atoms with Crippen LogP contribution in [0, 0.1) is 17.8 Å². The third-order valence-electron chi connectivity index (χ3n) is 5.18. The molecular weight excluding hydrogens is 306 g/mol. The number of hydrogen-bond acceptors (Lipinski definition) is 4. The molecule has 2 saturated carbocycles. The molecule has 124 valence electrons. The second-order valence-electron chi connectivity index (χ2n) is 6.67. The highest BCUT2D eigenvalue weighted by Gasteiger charge is 2.43. The van der Waals surface area contributed by atoms with Crippen LogP contribution in [0.1, 0.15) is 36.2 Å². The van der Waals surface area contributed by atoms with Gasteiger partial charge in [0.1, 0.15) is 0 Å². The van der Waals surface area contributed by atoms with E-state index in [-0.39, 0.29) is 17.5 Å². The predicted molar refractivity (Wildman–Crippen MR) is 86.5 cm³/mol. The summed E-state index contributed by atoms with van der Waals surface area (Å²) < 4.78 is 5.20. The van der Waals surface area contributed by atoms with Crippen molar-refractivity contribution >= 4 is 11.8 Å². The lowest BCUT2D eigenvalue weighted by Crippen LogP contribution is -2.45. The number of nitrogens with zero attached hydrogens (tertiary/aromatic N) is 1. The SMILES string of the molecule is O=C(NNC(=O)[C@H]1C[C@H]2CC[C@H]1C2)c1cc(-c2ccccc2)on1. The highest BCUT2D eigenvalue weighted by Crippen LogP contribution is 2.48. The lowest BCUT2D eigenvalue weighted by atomic mass is 9.88. The van der Waals surface area contributed by atoms with Crippen LogP contribution in [0.15, 0.2) is 40.9 Å². The molecule has 0 spiro atoms. The summed E-state index contributed by atoms with van der Waals surface area (Å²) in [6, 6.07) is 11.0. The molecule has 2 aliphatic carbocycles. The Bertz CT molecular complexity index is 756. The Balaban J connectivity index is 1.35.